The second kappa shape index (κ2) is 8.15. The Morgan fingerprint density at radius 3 is 2.04 bits per heavy atom. The number of carbonyl (C=O) groups is 2. The predicted octanol–water partition coefficient (Wildman–Crippen LogP) is 3.64. The van der Waals surface area contributed by atoms with Gasteiger partial charge < -0.3 is 14.2 Å². The van der Waals surface area contributed by atoms with E-state index in [9.17, 15) is 9.59 Å². The summed E-state index contributed by atoms with van der Waals surface area (Å²) in [6.45, 7) is 5.50. The van der Waals surface area contributed by atoms with Crippen LogP contribution in [0, 0.1) is 20.5 Å². The second-order valence-electron chi connectivity index (χ2n) is 6.35. The van der Waals surface area contributed by atoms with Crippen LogP contribution < -0.4 is 0 Å². The van der Waals surface area contributed by atoms with Crippen LogP contribution in [0.1, 0.15) is 38.3 Å². The first kappa shape index (κ1) is 18.1. The number of ether oxygens (including phenoxy) is 3. The molecular formula is C21H21O5. The molecule has 1 aliphatic rings. The van der Waals surface area contributed by atoms with E-state index >= 15 is 0 Å². The molecule has 2 atom stereocenters. The molecule has 1 radical (unpaired) electrons. The van der Waals surface area contributed by atoms with Crippen molar-refractivity contribution < 1.29 is 23.8 Å². The minimum Gasteiger partial charge on any atom is -0.459 e. The standard InChI is InChI=1S/C21H21O5/c1-14-3-7-16(8-4-14)20(22)25-13-19-18(11-12-24-19)26-21(23)17-9-5-15(2)6-10-17/h3-10,12,18-19H,11,13H2,1-2H3/t18-,19+/m0/s1. The van der Waals surface area contributed by atoms with Crippen molar-refractivity contribution in [1.29, 1.82) is 0 Å². The number of hydrogen-bond acceptors (Lipinski definition) is 5. The zero-order chi connectivity index (χ0) is 18.5. The van der Waals surface area contributed by atoms with Gasteiger partial charge in [-0.05, 0) is 38.1 Å². The molecule has 0 bridgehead atoms. The number of aryl methyl sites for hydroxylation is 2. The molecule has 0 spiro atoms. The van der Waals surface area contributed by atoms with Crippen molar-refractivity contribution in [3.63, 3.8) is 0 Å². The Labute approximate surface area is 152 Å². The summed E-state index contributed by atoms with van der Waals surface area (Å²) < 4.78 is 16.3. The number of hydrogen-bond donors (Lipinski definition) is 0. The Morgan fingerprint density at radius 1 is 0.923 bits per heavy atom. The van der Waals surface area contributed by atoms with E-state index in [4.69, 9.17) is 14.2 Å². The monoisotopic (exact) mass is 353 g/mol. The lowest BCUT2D eigenvalue weighted by molar-refractivity contribution is -0.0223. The summed E-state index contributed by atoms with van der Waals surface area (Å²) in [5, 5.41) is 0. The zero-order valence-corrected chi connectivity index (χ0v) is 14.8. The van der Waals surface area contributed by atoms with Crippen LogP contribution in [-0.4, -0.2) is 30.8 Å². The van der Waals surface area contributed by atoms with Gasteiger partial charge in [0.15, 0.2) is 0 Å². The lowest BCUT2D eigenvalue weighted by Crippen LogP contribution is -2.32. The molecule has 26 heavy (non-hydrogen) atoms. The molecule has 5 heteroatoms. The Bertz CT molecular complexity index is 764. The fourth-order valence-corrected chi connectivity index (χ4v) is 2.61. The van der Waals surface area contributed by atoms with Crippen molar-refractivity contribution in [2.45, 2.75) is 32.5 Å². The van der Waals surface area contributed by atoms with E-state index in [1.165, 1.54) is 0 Å². The van der Waals surface area contributed by atoms with Gasteiger partial charge in [0, 0.05) is 6.42 Å². The van der Waals surface area contributed by atoms with E-state index < -0.39 is 24.1 Å². The van der Waals surface area contributed by atoms with E-state index in [-0.39, 0.29) is 6.61 Å². The highest BCUT2D eigenvalue weighted by Crippen LogP contribution is 2.22. The zero-order valence-electron chi connectivity index (χ0n) is 14.8. The Morgan fingerprint density at radius 2 is 1.46 bits per heavy atom. The van der Waals surface area contributed by atoms with Crippen LogP contribution in [-0.2, 0) is 14.2 Å². The van der Waals surface area contributed by atoms with Crippen molar-refractivity contribution in [3.8, 4) is 0 Å². The minimum absolute atomic E-state index is 0.0229. The molecule has 2 aromatic rings. The van der Waals surface area contributed by atoms with Crippen LogP contribution in [0.15, 0.2) is 48.5 Å². The smallest absolute Gasteiger partial charge is 0.338 e. The predicted molar refractivity (Wildman–Crippen MR) is 95.6 cm³/mol. The molecule has 0 aliphatic carbocycles. The average Bonchev–Trinajstić information content (AvgIpc) is 3.08. The van der Waals surface area contributed by atoms with Crippen LogP contribution >= 0.6 is 0 Å². The molecule has 0 amide bonds. The van der Waals surface area contributed by atoms with Crippen molar-refractivity contribution in [2.24, 2.45) is 0 Å². The normalized spacial score (nSPS) is 19.2. The first-order valence-corrected chi connectivity index (χ1v) is 8.51. The molecule has 2 aromatic carbocycles. The molecule has 0 aromatic heterocycles. The number of rotatable bonds is 5. The van der Waals surface area contributed by atoms with Gasteiger partial charge in [0.05, 0.1) is 17.7 Å². The molecule has 0 saturated carbocycles. The highest BCUT2D eigenvalue weighted by Gasteiger charge is 2.33. The number of benzene rings is 2. The van der Waals surface area contributed by atoms with Gasteiger partial charge in [0.1, 0.15) is 18.8 Å². The van der Waals surface area contributed by atoms with Gasteiger partial charge in [0.25, 0.3) is 0 Å². The fourth-order valence-electron chi connectivity index (χ4n) is 2.61. The molecule has 1 saturated heterocycles. The molecule has 1 heterocycles. The third-order valence-electron chi connectivity index (χ3n) is 4.23. The quantitative estimate of drug-likeness (QED) is 0.768. The minimum atomic E-state index is -0.501. The number of carbonyl (C=O) groups excluding carboxylic acids is 2. The van der Waals surface area contributed by atoms with Crippen LogP contribution in [0.25, 0.3) is 0 Å². The molecule has 135 valence electrons. The van der Waals surface area contributed by atoms with Gasteiger partial charge in [0.2, 0.25) is 0 Å². The topological polar surface area (TPSA) is 61.8 Å². The largest absolute Gasteiger partial charge is 0.459 e. The summed E-state index contributed by atoms with van der Waals surface area (Å²) in [7, 11) is 0. The van der Waals surface area contributed by atoms with Crippen LogP contribution in [0.2, 0.25) is 0 Å². The second-order valence-corrected chi connectivity index (χ2v) is 6.35. The summed E-state index contributed by atoms with van der Waals surface area (Å²) in [6.07, 6.45) is -0.516. The van der Waals surface area contributed by atoms with E-state index in [2.05, 4.69) is 0 Å². The number of esters is 2. The maximum atomic E-state index is 12.2. The first-order valence-electron chi connectivity index (χ1n) is 8.51. The van der Waals surface area contributed by atoms with E-state index in [1.54, 1.807) is 30.9 Å². The highest BCUT2D eigenvalue weighted by atomic mass is 16.6. The van der Waals surface area contributed by atoms with Gasteiger partial charge >= 0.3 is 11.9 Å². The van der Waals surface area contributed by atoms with Gasteiger partial charge in [-0.15, -0.1) is 0 Å². The lowest BCUT2D eigenvalue weighted by atomic mass is 10.1. The summed E-state index contributed by atoms with van der Waals surface area (Å²) in [5.41, 5.74) is 3.10. The van der Waals surface area contributed by atoms with E-state index in [0.717, 1.165) is 11.1 Å². The summed E-state index contributed by atoms with van der Waals surface area (Å²) in [6, 6.07) is 14.3. The van der Waals surface area contributed by atoms with Crippen molar-refractivity contribution in [2.75, 3.05) is 6.61 Å². The fraction of sp³-hybridized carbons (Fsp3) is 0.286. The average molecular weight is 353 g/mol. The molecule has 5 nitrogen and oxygen atoms in total. The van der Waals surface area contributed by atoms with Crippen LogP contribution in [0.5, 0.6) is 0 Å². The van der Waals surface area contributed by atoms with Crippen molar-refractivity contribution in [3.05, 3.63) is 77.4 Å². The maximum absolute atomic E-state index is 12.2. The van der Waals surface area contributed by atoms with Crippen molar-refractivity contribution in [1.82, 2.24) is 0 Å². The molecule has 1 fully saturated rings. The Kier molecular flexibility index (Phi) is 5.68. The first-order chi connectivity index (χ1) is 12.5. The molecular weight excluding hydrogens is 332 g/mol. The Balaban J connectivity index is 1.54. The van der Waals surface area contributed by atoms with Gasteiger partial charge in [-0.2, -0.15) is 0 Å². The third kappa shape index (κ3) is 4.49. The summed E-state index contributed by atoms with van der Waals surface area (Å²) in [5.74, 6) is -0.840. The maximum Gasteiger partial charge on any atom is 0.338 e. The lowest BCUT2D eigenvalue weighted by Gasteiger charge is -2.19. The summed E-state index contributed by atoms with van der Waals surface area (Å²) >= 11 is 0. The highest BCUT2D eigenvalue weighted by molar-refractivity contribution is 5.90. The van der Waals surface area contributed by atoms with Crippen LogP contribution in [0.3, 0.4) is 0 Å². The molecule has 1 aliphatic heterocycles. The van der Waals surface area contributed by atoms with Crippen molar-refractivity contribution >= 4 is 11.9 Å². The van der Waals surface area contributed by atoms with Gasteiger partial charge in [-0.3, -0.25) is 0 Å². The van der Waals surface area contributed by atoms with Gasteiger partial charge in [-0.25, -0.2) is 9.59 Å². The molecule has 0 N–H and O–H groups in total. The van der Waals surface area contributed by atoms with E-state index in [0.29, 0.717) is 17.5 Å². The molecule has 0 unspecified atom stereocenters. The Hall–Kier alpha value is -2.66. The van der Waals surface area contributed by atoms with Crippen LogP contribution in [0.4, 0.5) is 0 Å². The molecule has 3 rings (SSSR count). The summed E-state index contributed by atoms with van der Waals surface area (Å²) in [4.78, 5) is 24.3. The van der Waals surface area contributed by atoms with Gasteiger partial charge in [-0.1, -0.05) is 35.4 Å². The SMILES string of the molecule is Cc1ccc(C(=O)OC[C@H]2O[CH]C[C@@H]2OC(=O)c2ccc(C)cc2)cc1. The van der Waals surface area contributed by atoms with E-state index in [1.807, 2.05) is 38.1 Å². The third-order valence-corrected chi connectivity index (χ3v) is 4.23.